The van der Waals surface area contributed by atoms with E-state index in [-0.39, 0.29) is 11.1 Å². The van der Waals surface area contributed by atoms with Crippen LogP contribution in [0.15, 0.2) is 66.7 Å². The first-order chi connectivity index (χ1) is 15.5. The van der Waals surface area contributed by atoms with Crippen molar-refractivity contribution in [3.63, 3.8) is 0 Å². The van der Waals surface area contributed by atoms with Gasteiger partial charge in [0.15, 0.2) is 0 Å². The Labute approximate surface area is 163 Å². The van der Waals surface area contributed by atoms with E-state index in [0.29, 0.717) is 10.8 Å². The molecular weight excluding hydrogens is 335 g/mol. The number of benzene rings is 3. The van der Waals surface area contributed by atoms with Gasteiger partial charge in [-0.1, -0.05) is 60.7 Å². The highest BCUT2D eigenvalue weighted by Crippen LogP contribution is 2.29. The molecule has 3 aromatic rings. The van der Waals surface area contributed by atoms with Gasteiger partial charge in [-0.2, -0.15) is 13.2 Å². The van der Waals surface area contributed by atoms with Gasteiger partial charge in [0.25, 0.3) is 0 Å². The minimum atomic E-state index is -4.66. The summed E-state index contributed by atoms with van der Waals surface area (Å²) in [5, 5.41) is 3.04. The van der Waals surface area contributed by atoms with E-state index in [9.17, 15) is 13.2 Å². The Morgan fingerprint density at radius 2 is 1.85 bits per heavy atom. The van der Waals surface area contributed by atoms with E-state index in [1.165, 1.54) is 18.2 Å². The Kier molecular flexibility index (Phi) is 3.27. The molecule has 1 N–H and O–H groups in total. The van der Waals surface area contributed by atoms with Crippen LogP contribution in [0.1, 0.15) is 46.9 Å². The largest absolute Gasteiger partial charge is 0.416 e. The molecule has 0 saturated carbocycles. The Balaban J connectivity index is 2.02. The van der Waals surface area contributed by atoms with Gasteiger partial charge in [-0.3, -0.25) is 0 Å². The second-order valence-electron chi connectivity index (χ2n) is 5.70. The predicted molar refractivity (Wildman–Crippen MR) is 100 cm³/mol. The maximum atomic E-state index is 13.0. The monoisotopic (exact) mass is 365 g/mol. The summed E-state index contributed by atoms with van der Waals surface area (Å²) in [6, 6.07) is 12.3. The average Bonchev–Trinajstić information content (AvgIpc) is 2.71. The molecule has 0 amide bonds. The molecule has 0 bridgehead atoms. The minimum absolute atomic E-state index is 0.0793. The number of rotatable bonds is 6. The predicted octanol–water partition coefficient (Wildman–Crippen LogP) is 6.14. The van der Waals surface area contributed by atoms with E-state index in [1.807, 2.05) is 0 Å². The highest BCUT2D eigenvalue weighted by molar-refractivity contribution is 5.86. The van der Waals surface area contributed by atoms with Crippen molar-refractivity contribution >= 4 is 10.8 Å². The molecular formula is C22H22F3N. The average molecular weight is 365 g/mol. The van der Waals surface area contributed by atoms with Gasteiger partial charge < -0.3 is 5.32 Å². The molecule has 136 valence electrons. The standard InChI is InChI=1S/C22H22F3N/c1-16(20-13-5-10-18-9-2-3-12-21(18)20)26-14-6-8-17-7-4-11-19(15-17)22(23,24)25/h2-5,7,9-13,15-16,26H,6,8,14H2,1H3/t16-/m0/s1/i1D3,6D2,14D2,16D. The first-order valence-electron chi connectivity index (χ1n) is 11.9. The smallest absolute Gasteiger partial charge is 0.310 e. The molecule has 0 fully saturated rings. The lowest BCUT2D eigenvalue weighted by Gasteiger charge is -2.17. The minimum Gasteiger partial charge on any atom is -0.310 e. The molecule has 4 heteroatoms. The van der Waals surface area contributed by atoms with E-state index in [2.05, 4.69) is 5.32 Å². The Morgan fingerprint density at radius 3 is 2.65 bits per heavy atom. The molecule has 3 rings (SSSR count). The summed E-state index contributed by atoms with van der Waals surface area (Å²) >= 11 is 0. The Morgan fingerprint density at radius 1 is 1.08 bits per heavy atom. The van der Waals surface area contributed by atoms with Gasteiger partial charge in [0.2, 0.25) is 0 Å². The van der Waals surface area contributed by atoms with Crippen LogP contribution in [0.3, 0.4) is 0 Å². The summed E-state index contributed by atoms with van der Waals surface area (Å²) in [4.78, 5) is 0. The van der Waals surface area contributed by atoms with Crippen LogP contribution >= 0.6 is 0 Å². The topological polar surface area (TPSA) is 12.0 Å². The Hall–Kier alpha value is -2.33. The van der Waals surface area contributed by atoms with Gasteiger partial charge in [0.1, 0.15) is 0 Å². The van der Waals surface area contributed by atoms with Gasteiger partial charge in [0.05, 0.1) is 6.93 Å². The fourth-order valence-electron chi connectivity index (χ4n) is 2.62. The fraction of sp³-hybridized carbons (Fsp3) is 0.273. The SMILES string of the molecule is [2H]C([2H])(Cc1cccc(C(F)(F)F)c1)C([2H])([2H])N[C@]([2H])(c1cccc2ccccc12)C([2H])([2H])[2H]. The molecule has 0 spiro atoms. The summed E-state index contributed by atoms with van der Waals surface area (Å²) in [5.74, 6) is 0. The number of halogens is 3. The van der Waals surface area contributed by atoms with E-state index in [0.717, 1.165) is 18.2 Å². The lowest BCUT2D eigenvalue weighted by molar-refractivity contribution is -0.137. The molecule has 0 aliphatic heterocycles. The summed E-state index contributed by atoms with van der Waals surface area (Å²) < 4.78 is 105. The highest BCUT2D eigenvalue weighted by atomic mass is 19.4. The number of aryl methyl sites for hydroxylation is 1. The molecule has 0 saturated heterocycles. The third-order valence-corrected chi connectivity index (χ3v) is 3.88. The molecule has 0 aromatic heterocycles. The molecule has 0 heterocycles. The number of fused-ring (bicyclic) bond motifs is 1. The first-order valence-corrected chi connectivity index (χ1v) is 7.92. The summed E-state index contributed by atoms with van der Waals surface area (Å²) in [6.07, 6.45) is -8.32. The molecule has 3 aromatic carbocycles. The lowest BCUT2D eigenvalue weighted by atomic mass is 9.99. The van der Waals surface area contributed by atoms with Gasteiger partial charge >= 0.3 is 6.18 Å². The summed E-state index contributed by atoms with van der Waals surface area (Å²) in [5.41, 5.74) is -1.22. The van der Waals surface area contributed by atoms with Crippen LogP contribution in [0, 0.1) is 0 Å². The van der Waals surface area contributed by atoms with Crippen LogP contribution in [0.2, 0.25) is 0 Å². The number of hydrogen-bond donors (Lipinski definition) is 1. The molecule has 0 aliphatic rings. The van der Waals surface area contributed by atoms with Gasteiger partial charge in [-0.15, -0.1) is 0 Å². The number of alkyl halides is 3. The van der Waals surface area contributed by atoms with Crippen molar-refractivity contribution < 1.29 is 24.1 Å². The van der Waals surface area contributed by atoms with Crippen molar-refractivity contribution in [3.05, 3.63) is 83.4 Å². The van der Waals surface area contributed by atoms with E-state index in [1.54, 1.807) is 30.3 Å². The summed E-state index contributed by atoms with van der Waals surface area (Å²) in [7, 11) is 0. The first kappa shape index (κ1) is 10.7. The van der Waals surface area contributed by atoms with Crippen molar-refractivity contribution in [2.24, 2.45) is 0 Å². The lowest BCUT2D eigenvalue weighted by Crippen LogP contribution is -2.20. The Bertz CT molecular complexity index is 1170. The van der Waals surface area contributed by atoms with Crippen molar-refractivity contribution in [1.29, 1.82) is 0 Å². The normalized spacial score (nSPS) is 20.4. The van der Waals surface area contributed by atoms with Gasteiger partial charge in [0, 0.05) is 15.6 Å². The van der Waals surface area contributed by atoms with Crippen molar-refractivity contribution in [1.82, 2.24) is 5.32 Å². The molecule has 1 nitrogen and oxygen atoms in total. The van der Waals surface area contributed by atoms with Gasteiger partial charge in [-0.05, 0) is 54.1 Å². The second-order valence-corrected chi connectivity index (χ2v) is 5.70. The molecule has 1 atom stereocenters. The number of hydrogen-bond acceptors (Lipinski definition) is 1. The maximum Gasteiger partial charge on any atom is 0.416 e. The number of nitrogens with one attached hydrogen (secondary N) is 1. The zero-order valence-electron chi connectivity index (χ0n) is 21.7. The maximum absolute atomic E-state index is 13.0. The zero-order valence-corrected chi connectivity index (χ0v) is 13.7. The molecule has 0 radical (unpaired) electrons. The molecule has 26 heavy (non-hydrogen) atoms. The van der Waals surface area contributed by atoms with E-state index < -0.39 is 43.9 Å². The quantitative estimate of drug-likeness (QED) is 0.553. The van der Waals surface area contributed by atoms with Crippen molar-refractivity contribution in [2.75, 3.05) is 6.50 Å². The third-order valence-electron chi connectivity index (χ3n) is 3.88. The van der Waals surface area contributed by atoms with Crippen LogP contribution in [0.25, 0.3) is 10.8 Å². The van der Waals surface area contributed by atoms with E-state index in [4.69, 9.17) is 11.0 Å². The van der Waals surface area contributed by atoms with Crippen LogP contribution in [0.4, 0.5) is 13.2 Å². The van der Waals surface area contributed by atoms with Crippen LogP contribution in [-0.2, 0) is 12.6 Å². The third kappa shape index (κ3) is 4.44. The molecule has 0 aliphatic carbocycles. The molecule has 0 unspecified atom stereocenters. The van der Waals surface area contributed by atoms with Crippen LogP contribution < -0.4 is 5.32 Å². The van der Waals surface area contributed by atoms with Crippen molar-refractivity contribution in [3.8, 4) is 0 Å². The summed E-state index contributed by atoms with van der Waals surface area (Å²) in [6.45, 7) is -6.24. The zero-order chi connectivity index (χ0) is 25.6. The highest BCUT2D eigenvalue weighted by Gasteiger charge is 2.30. The second kappa shape index (κ2) is 7.92. The van der Waals surface area contributed by atoms with Crippen LogP contribution in [0.5, 0.6) is 0 Å². The van der Waals surface area contributed by atoms with Gasteiger partial charge in [-0.25, -0.2) is 0 Å². The van der Waals surface area contributed by atoms with Crippen molar-refractivity contribution in [2.45, 2.75) is 31.8 Å². The van der Waals surface area contributed by atoms with Crippen LogP contribution in [-0.4, -0.2) is 6.50 Å². The van der Waals surface area contributed by atoms with E-state index >= 15 is 0 Å². The fourth-order valence-corrected chi connectivity index (χ4v) is 2.62.